The summed E-state index contributed by atoms with van der Waals surface area (Å²) in [7, 11) is 1.73. The van der Waals surface area contributed by atoms with E-state index >= 15 is 0 Å². The zero-order valence-corrected chi connectivity index (χ0v) is 11.2. The molecule has 6 nitrogen and oxygen atoms in total. The summed E-state index contributed by atoms with van der Waals surface area (Å²) in [6.07, 6.45) is 4.30. The van der Waals surface area contributed by atoms with Crippen molar-refractivity contribution in [2.24, 2.45) is 0 Å². The summed E-state index contributed by atoms with van der Waals surface area (Å²) < 4.78 is 5.09. The highest BCUT2D eigenvalue weighted by Crippen LogP contribution is 2.14. The smallest absolute Gasteiger partial charge is 0.168 e. The summed E-state index contributed by atoms with van der Waals surface area (Å²) in [5, 5.41) is 3.36. The third-order valence-electron chi connectivity index (χ3n) is 3.36. The van der Waals surface area contributed by atoms with Crippen LogP contribution in [0, 0.1) is 0 Å². The SMILES string of the molecule is COCCN1CCC(Nc2cc(C=O)ncn2)CC1. The van der Waals surface area contributed by atoms with Gasteiger partial charge in [-0.15, -0.1) is 0 Å². The molecule has 1 aliphatic heterocycles. The van der Waals surface area contributed by atoms with Crippen molar-refractivity contribution in [3.8, 4) is 0 Å². The fourth-order valence-electron chi connectivity index (χ4n) is 2.25. The van der Waals surface area contributed by atoms with Crippen LogP contribution >= 0.6 is 0 Å². The van der Waals surface area contributed by atoms with Gasteiger partial charge in [-0.05, 0) is 12.8 Å². The molecule has 2 heterocycles. The van der Waals surface area contributed by atoms with Crippen LogP contribution in [0.1, 0.15) is 23.3 Å². The van der Waals surface area contributed by atoms with Crippen LogP contribution in [0.5, 0.6) is 0 Å². The number of aldehydes is 1. The number of likely N-dealkylation sites (tertiary alicyclic amines) is 1. The topological polar surface area (TPSA) is 67.3 Å². The second-order valence-corrected chi connectivity index (χ2v) is 4.70. The van der Waals surface area contributed by atoms with Gasteiger partial charge in [0.2, 0.25) is 0 Å². The van der Waals surface area contributed by atoms with Crippen LogP contribution < -0.4 is 5.32 Å². The molecular weight excluding hydrogens is 244 g/mol. The van der Waals surface area contributed by atoms with Crippen LogP contribution in [-0.2, 0) is 4.74 Å². The van der Waals surface area contributed by atoms with Crippen molar-refractivity contribution in [2.75, 3.05) is 38.7 Å². The van der Waals surface area contributed by atoms with E-state index in [1.165, 1.54) is 6.33 Å². The number of nitrogens with one attached hydrogen (secondary N) is 1. The first kappa shape index (κ1) is 13.9. The Morgan fingerprint density at radius 1 is 1.47 bits per heavy atom. The highest BCUT2D eigenvalue weighted by molar-refractivity contribution is 5.72. The molecule has 0 radical (unpaired) electrons. The summed E-state index contributed by atoms with van der Waals surface area (Å²) in [5.74, 6) is 0.729. The predicted molar refractivity (Wildman–Crippen MR) is 72.4 cm³/mol. The summed E-state index contributed by atoms with van der Waals surface area (Å²) in [5.41, 5.74) is 0.412. The molecule has 1 aromatic rings. The minimum Gasteiger partial charge on any atom is -0.383 e. The van der Waals surface area contributed by atoms with E-state index in [9.17, 15) is 4.79 Å². The third-order valence-corrected chi connectivity index (χ3v) is 3.36. The summed E-state index contributed by atoms with van der Waals surface area (Å²) in [4.78, 5) is 21.0. The normalized spacial score (nSPS) is 17.3. The average Bonchev–Trinajstić information content (AvgIpc) is 2.47. The minimum absolute atomic E-state index is 0.410. The number of anilines is 1. The Labute approximate surface area is 113 Å². The first-order valence-corrected chi connectivity index (χ1v) is 6.57. The molecule has 1 aliphatic rings. The van der Waals surface area contributed by atoms with Gasteiger partial charge < -0.3 is 15.0 Å². The number of hydrogen-bond acceptors (Lipinski definition) is 6. The first-order chi connectivity index (χ1) is 9.31. The molecule has 2 rings (SSSR count). The lowest BCUT2D eigenvalue weighted by molar-refractivity contribution is 0.111. The van der Waals surface area contributed by atoms with E-state index in [1.807, 2.05) is 0 Å². The van der Waals surface area contributed by atoms with E-state index in [0.717, 1.165) is 51.2 Å². The third kappa shape index (κ3) is 4.25. The monoisotopic (exact) mass is 264 g/mol. The lowest BCUT2D eigenvalue weighted by Crippen LogP contribution is -2.40. The fraction of sp³-hybridized carbons (Fsp3) is 0.615. The zero-order chi connectivity index (χ0) is 13.5. The maximum atomic E-state index is 10.7. The van der Waals surface area contributed by atoms with Gasteiger partial charge in [0, 0.05) is 38.9 Å². The van der Waals surface area contributed by atoms with Crippen LogP contribution in [-0.4, -0.2) is 60.5 Å². The van der Waals surface area contributed by atoms with Gasteiger partial charge in [-0.1, -0.05) is 0 Å². The van der Waals surface area contributed by atoms with E-state index in [0.29, 0.717) is 11.7 Å². The van der Waals surface area contributed by atoms with Crippen molar-refractivity contribution < 1.29 is 9.53 Å². The highest BCUT2D eigenvalue weighted by atomic mass is 16.5. The molecule has 19 heavy (non-hydrogen) atoms. The lowest BCUT2D eigenvalue weighted by Gasteiger charge is -2.32. The van der Waals surface area contributed by atoms with Gasteiger partial charge in [-0.25, -0.2) is 9.97 Å². The zero-order valence-electron chi connectivity index (χ0n) is 11.2. The second kappa shape index (κ2) is 7.16. The molecule has 1 aromatic heterocycles. The van der Waals surface area contributed by atoms with Crippen molar-refractivity contribution in [3.05, 3.63) is 18.1 Å². The highest BCUT2D eigenvalue weighted by Gasteiger charge is 2.18. The quantitative estimate of drug-likeness (QED) is 0.767. The summed E-state index contributed by atoms with van der Waals surface area (Å²) in [6.45, 7) is 3.90. The predicted octanol–water partition coefficient (Wildman–Crippen LogP) is 0.812. The number of rotatable bonds is 6. The van der Waals surface area contributed by atoms with Gasteiger partial charge in [-0.2, -0.15) is 0 Å². The maximum Gasteiger partial charge on any atom is 0.168 e. The average molecular weight is 264 g/mol. The number of hydrogen-bond donors (Lipinski definition) is 1. The largest absolute Gasteiger partial charge is 0.383 e. The number of carbonyl (C=O) groups is 1. The van der Waals surface area contributed by atoms with Crippen LogP contribution in [0.15, 0.2) is 12.4 Å². The Morgan fingerprint density at radius 3 is 2.95 bits per heavy atom. The second-order valence-electron chi connectivity index (χ2n) is 4.70. The van der Waals surface area contributed by atoms with Crippen molar-refractivity contribution in [3.63, 3.8) is 0 Å². The molecule has 6 heteroatoms. The number of carbonyl (C=O) groups excluding carboxylic acids is 1. The van der Waals surface area contributed by atoms with Gasteiger partial charge in [0.1, 0.15) is 17.8 Å². The number of piperidine rings is 1. The van der Waals surface area contributed by atoms with Crippen molar-refractivity contribution in [2.45, 2.75) is 18.9 Å². The minimum atomic E-state index is 0.410. The van der Waals surface area contributed by atoms with E-state index in [1.54, 1.807) is 13.2 Å². The Bertz CT molecular complexity index is 405. The molecule has 1 saturated heterocycles. The van der Waals surface area contributed by atoms with Gasteiger partial charge in [-0.3, -0.25) is 4.79 Å². The van der Waals surface area contributed by atoms with Crippen molar-refractivity contribution >= 4 is 12.1 Å². The number of methoxy groups -OCH3 is 1. The van der Waals surface area contributed by atoms with Gasteiger partial charge in [0.25, 0.3) is 0 Å². The Hall–Kier alpha value is -1.53. The van der Waals surface area contributed by atoms with E-state index in [2.05, 4.69) is 20.2 Å². The molecule has 0 bridgehead atoms. The Kier molecular flexibility index (Phi) is 5.23. The summed E-state index contributed by atoms with van der Waals surface area (Å²) in [6, 6.07) is 2.10. The van der Waals surface area contributed by atoms with Gasteiger partial charge >= 0.3 is 0 Å². The molecule has 104 valence electrons. The Morgan fingerprint density at radius 2 is 2.26 bits per heavy atom. The maximum absolute atomic E-state index is 10.7. The van der Waals surface area contributed by atoms with Crippen LogP contribution in [0.2, 0.25) is 0 Å². The van der Waals surface area contributed by atoms with Gasteiger partial charge in [0.05, 0.1) is 6.61 Å². The van der Waals surface area contributed by atoms with Crippen molar-refractivity contribution in [1.29, 1.82) is 0 Å². The molecule has 1 N–H and O–H groups in total. The van der Waals surface area contributed by atoms with E-state index in [-0.39, 0.29) is 0 Å². The molecule has 0 aliphatic carbocycles. The molecular formula is C13H20N4O2. The van der Waals surface area contributed by atoms with E-state index in [4.69, 9.17) is 4.74 Å². The number of ether oxygens (including phenoxy) is 1. The molecule has 0 saturated carbocycles. The standard InChI is InChI=1S/C13H20N4O2/c1-19-7-6-17-4-2-11(3-5-17)16-13-8-12(9-18)14-10-15-13/h8-11H,2-7H2,1H3,(H,14,15,16). The van der Waals surface area contributed by atoms with Gasteiger partial charge in [0.15, 0.2) is 6.29 Å². The molecule has 0 aromatic carbocycles. The fourth-order valence-corrected chi connectivity index (χ4v) is 2.25. The van der Waals surface area contributed by atoms with Crippen LogP contribution in [0.3, 0.4) is 0 Å². The molecule has 1 fully saturated rings. The first-order valence-electron chi connectivity index (χ1n) is 6.57. The molecule has 0 atom stereocenters. The number of aromatic nitrogens is 2. The number of nitrogens with zero attached hydrogens (tertiary/aromatic N) is 3. The van der Waals surface area contributed by atoms with Crippen molar-refractivity contribution in [1.82, 2.24) is 14.9 Å². The molecule has 0 unspecified atom stereocenters. The molecule has 0 amide bonds. The van der Waals surface area contributed by atoms with Crippen LogP contribution in [0.4, 0.5) is 5.82 Å². The lowest BCUT2D eigenvalue weighted by atomic mass is 10.1. The summed E-state index contributed by atoms with van der Waals surface area (Å²) >= 11 is 0. The Balaban J connectivity index is 1.80. The van der Waals surface area contributed by atoms with E-state index < -0.39 is 0 Å². The van der Waals surface area contributed by atoms with Crippen LogP contribution in [0.25, 0.3) is 0 Å². The molecule has 0 spiro atoms.